The summed E-state index contributed by atoms with van der Waals surface area (Å²) in [5, 5.41) is 10.9. The number of thiazole rings is 1. The second-order valence-electron chi connectivity index (χ2n) is 4.29. The maximum Gasteiger partial charge on any atom is 0.338 e. The van der Waals surface area contributed by atoms with Crippen LogP contribution in [0, 0.1) is 10.1 Å². The first-order valence-corrected chi connectivity index (χ1v) is 7.40. The number of nitro groups is 1. The van der Waals surface area contributed by atoms with Crippen molar-refractivity contribution in [3.63, 3.8) is 0 Å². The van der Waals surface area contributed by atoms with Crippen LogP contribution in [0.4, 0.5) is 5.69 Å². The highest BCUT2D eigenvalue weighted by molar-refractivity contribution is 7.09. The average molecular weight is 336 g/mol. The van der Waals surface area contributed by atoms with Crippen LogP contribution in [-0.4, -0.2) is 28.5 Å². The van der Waals surface area contributed by atoms with Gasteiger partial charge in [-0.3, -0.25) is 15.1 Å². The molecule has 0 amide bonds. The number of esters is 2. The molecule has 0 N–H and O–H groups in total. The van der Waals surface area contributed by atoms with E-state index in [4.69, 9.17) is 9.47 Å². The minimum atomic E-state index is -0.771. The van der Waals surface area contributed by atoms with Gasteiger partial charge in [-0.25, -0.2) is 9.59 Å². The number of carbonyl (C=O) groups is 2. The second kappa shape index (κ2) is 7.45. The fourth-order valence-electron chi connectivity index (χ4n) is 1.70. The van der Waals surface area contributed by atoms with Gasteiger partial charge < -0.3 is 9.47 Å². The SMILES string of the molecule is CCOC(=O)c1cc(C(=O)OCc2cncs2)cc([N+](=O)[O-])c1. The smallest absolute Gasteiger partial charge is 0.338 e. The van der Waals surface area contributed by atoms with Crippen molar-refractivity contribution in [2.24, 2.45) is 0 Å². The van der Waals surface area contributed by atoms with E-state index in [1.807, 2.05) is 0 Å². The number of nitro benzene ring substituents is 1. The lowest BCUT2D eigenvalue weighted by Gasteiger charge is -2.06. The highest BCUT2D eigenvalue weighted by Gasteiger charge is 2.19. The number of hydrogen-bond acceptors (Lipinski definition) is 8. The Balaban J connectivity index is 2.23. The van der Waals surface area contributed by atoms with Gasteiger partial charge in [-0.15, -0.1) is 11.3 Å². The molecule has 0 saturated heterocycles. The maximum atomic E-state index is 12.0. The quantitative estimate of drug-likeness (QED) is 0.453. The third kappa shape index (κ3) is 4.33. The van der Waals surface area contributed by atoms with E-state index < -0.39 is 16.9 Å². The molecule has 0 radical (unpaired) electrons. The van der Waals surface area contributed by atoms with Crippen LogP contribution in [0.5, 0.6) is 0 Å². The van der Waals surface area contributed by atoms with E-state index in [1.165, 1.54) is 17.4 Å². The van der Waals surface area contributed by atoms with Gasteiger partial charge in [0, 0.05) is 18.3 Å². The lowest BCUT2D eigenvalue weighted by Crippen LogP contribution is -2.10. The number of benzene rings is 1. The summed E-state index contributed by atoms with van der Waals surface area (Å²) in [5.41, 5.74) is 1.04. The highest BCUT2D eigenvalue weighted by Crippen LogP contribution is 2.19. The molecule has 0 saturated carbocycles. The molecule has 2 aromatic rings. The maximum absolute atomic E-state index is 12.0. The zero-order valence-corrected chi connectivity index (χ0v) is 12.9. The van der Waals surface area contributed by atoms with Gasteiger partial charge >= 0.3 is 11.9 Å². The van der Waals surface area contributed by atoms with Gasteiger partial charge in [0.15, 0.2) is 0 Å². The van der Waals surface area contributed by atoms with Crippen molar-refractivity contribution >= 4 is 29.0 Å². The van der Waals surface area contributed by atoms with E-state index in [0.717, 1.165) is 17.0 Å². The summed E-state index contributed by atoms with van der Waals surface area (Å²) in [7, 11) is 0. The largest absolute Gasteiger partial charge is 0.462 e. The Labute approximate surface area is 134 Å². The van der Waals surface area contributed by atoms with E-state index >= 15 is 0 Å². The predicted octanol–water partition coefficient (Wildman–Crippen LogP) is 2.59. The lowest BCUT2D eigenvalue weighted by molar-refractivity contribution is -0.384. The predicted molar refractivity (Wildman–Crippen MR) is 80.3 cm³/mol. The Morgan fingerprint density at radius 2 is 1.87 bits per heavy atom. The molecule has 2 rings (SSSR count). The van der Waals surface area contributed by atoms with Crippen molar-refractivity contribution in [3.05, 3.63) is 56.0 Å². The summed E-state index contributed by atoms with van der Waals surface area (Å²) >= 11 is 1.31. The lowest BCUT2D eigenvalue weighted by atomic mass is 10.1. The first-order valence-electron chi connectivity index (χ1n) is 6.52. The number of carbonyl (C=O) groups excluding carboxylic acids is 2. The van der Waals surface area contributed by atoms with Crippen molar-refractivity contribution in [1.82, 2.24) is 4.98 Å². The topological polar surface area (TPSA) is 109 Å². The first kappa shape index (κ1) is 16.6. The Morgan fingerprint density at radius 3 is 2.39 bits per heavy atom. The fraction of sp³-hybridized carbons (Fsp3) is 0.214. The summed E-state index contributed by atoms with van der Waals surface area (Å²) < 4.78 is 9.85. The van der Waals surface area contributed by atoms with Crippen molar-refractivity contribution in [1.29, 1.82) is 0 Å². The van der Waals surface area contributed by atoms with Crippen LogP contribution in [0.2, 0.25) is 0 Å². The van der Waals surface area contributed by atoms with E-state index in [-0.39, 0.29) is 30.0 Å². The van der Waals surface area contributed by atoms with E-state index in [1.54, 1.807) is 18.6 Å². The molecular formula is C14H12N2O6S. The Hall–Kier alpha value is -2.81. The number of non-ortho nitro benzene ring substituents is 1. The molecule has 8 nitrogen and oxygen atoms in total. The molecular weight excluding hydrogens is 324 g/mol. The normalized spacial score (nSPS) is 10.1. The van der Waals surface area contributed by atoms with Crippen LogP contribution in [0.3, 0.4) is 0 Å². The minimum absolute atomic E-state index is 0.000924. The van der Waals surface area contributed by atoms with E-state index in [9.17, 15) is 19.7 Å². The molecule has 0 aliphatic carbocycles. The van der Waals surface area contributed by atoms with Crippen LogP contribution < -0.4 is 0 Å². The summed E-state index contributed by atoms with van der Waals surface area (Å²) in [6.45, 7) is 1.73. The van der Waals surface area contributed by atoms with Gasteiger partial charge in [0.2, 0.25) is 0 Å². The number of rotatable bonds is 6. The van der Waals surface area contributed by atoms with Crippen LogP contribution in [0.1, 0.15) is 32.5 Å². The number of hydrogen-bond donors (Lipinski definition) is 0. The van der Waals surface area contributed by atoms with Crippen LogP contribution in [0.15, 0.2) is 29.9 Å². The van der Waals surface area contributed by atoms with Gasteiger partial charge in [0.25, 0.3) is 5.69 Å². The Bertz CT molecular complexity index is 729. The van der Waals surface area contributed by atoms with E-state index in [2.05, 4.69) is 4.98 Å². The highest BCUT2D eigenvalue weighted by atomic mass is 32.1. The average Bonchev–Trinajstić information content (AvgIpc) is 3.05. The number of aromatic nitrogens is 1. The van der Waals surface area contributed by atoms with E-state index in [0.29, 0.717) is 0 Å². The molecule has 120 valence electrons. The molecule has 23 heavy (non-hydrogen) atoms. The third-order valence-electron chi connectivity index (χ3n) is 2.70. The standard InChI is InChI=1S/C14H12N2O6S/c1-2-21-13(17)9-3-10(5-11(4-9)16(19)20)14(18)22-7-12-6-15-8-23-12/h3-6,8H,2,7H2,1H3. The van der Waals surface area contributed by atoms with Gasteiger partial charge in [0.05, 0.1) is 33.0 Å². The summed E-state index contributed by atoms with van der Waals surface area (Å²) in [5.74, 6) is -1.51. The molecule has 1 aromatic carbocycles. The van der Waals surface area contributed by atoms with Gasteiger partial charge in [0.1, 0.15) is 6.61 Å². The fourth-order valence-corrected chi connectivity index (χ4v) is 2.21. The number of nitrogens with zero attached hydrogens (tertiary/aromatic N) is 2. The first-order chi connectivity index (χ1) is 11.0. The van der Waals surface area contributed by atoms with Crippen LogP contribution in [-0.2, 0) is 16.1 Å². The van der Waals surface area contributed by atoms with Crippen molar-refractivity contribution in [3.8, 4) is 0 Å². The summed E-state index contributed by atoms with van der Waals surface area (Å²) in [4.78, 5) is 38.6. The zero-order chi connectivity index (χ0) is 16.8. The molecule has 0 unspecified atom stereocenters. The molecule has 1 heterocycles. The van der Waals surface area contributed by atoms with Gasteiger partial charge in [-0.2, -0.15) is 0 Å². The second-order valence-corrected chi connectivity index (χ2v) is 5.26. The minimum Gasteiger partial charge on any atom is -0.462 e. The molecule has 0 bridgehead atoms. The third-order valence-corrected chi connectivity index (χ3v) is 3.46. The Morgan fingerprint density at radius 1 is 1.22 bits per heavy atom. The Kier molecular flexibility index (Phi) is 5.36. The molecule has 0 aliphatic rings. The molecule has 0 atom stereocenters. The number of ether oxygens (including phenoxy) is 2. The van der Waals surface area contributed by atoms with Crippen LogP contribution in [0.25, 0.3) is 0 Å². The van der Waals surface area contributed by atoms with Crippen molar-refractivity contribution < 1.29 is 24.0 Å². The molecule has 1 aromatic heterocycles. The van der Waals surface area contributed by atoms with Gasteiger partial charge in [-0.1, -0.05) is 0 Å². The summed E-state index contributed by atoms with van der Waals surface area (Å²) in [6, 6.07) is 3.32. The van der Waals surface area contributed by atoms with Crippen LogP contribution >= 0.6 is 11.3 Å². The van der Waals surface area contributed by atoms with Crippen molar-refractivity contribution in [2.75, 3.05) is 6.61 Å². The van der Waals surface area contributed by atoms with Crippen molar-refractivity contribution in [2.45, 2.75) is 13.5 Å². The molecule has 9 heteroatoms. The zero-order valence-electron chi connectivity index (χ0n) is 12.1. The monoisotopic (exact) mass is 336 g/mol. The molecule has 0 fully saturated rings. The summed E-state index contributed by atoms with van der Waals surface area (Å²) in [6.07, 6.45) is 1.55. The van der Waals surface area contributed by atoms with Gasteiger partial charge in [-0.05, 0) is 13.0 Å². The molecule has 0 aliphatic heterocycles. The molecule has 0 spiro atoms.